The van der Waals surface area contributed by atoms with E-state index in [-0.39, 0.29) is 0 Å². The molecule has 0 rings (SSSR count). The highest BCUT2D eigenvalue weighted by molar-refractivity contribution is 5.62. The molecule has 0 saturated carbocycles. The number of aliphatic carboxylic acids is 1. The molecule has 2 N–H and O–H groups in total. The molecule has 0 fully saturated rings. The van der Waals surface area contributed by atoms with Crippen LogP contribution in [0.15, 0.2) is 24.5 Å². The highest BCUT2D eigenvalue weighted by atomic mass is 16.4. The fraction of sp³-hybridized carbons (Fsp3) is 0.688. The van der Waals surface area contributed by atoms with Crippen molar-refractivity contribution in [2.75, 3.05) is 0 Å². The Morgan fingerprint density at radius 1 is 0.895 bits per heavy atom. The molecule has 0 aliphatic rings. The molecule has 0 aliphatic heterocycles. The van der Waals surface area contributed by atoms with Crippen molar-refractivity contribution in [3.05, 3.63) is 24.5 Å². The zero-order chi connectivity index (χ0) is 14.8. The summed E-state index contributed by atoms with van der Waals surface area (Å²) in [5.74, 6) is -0.833. The fourth-order valence-corrected chi connectivity index (χ4v) is 1.65. The molecule has 0 aromatic rings. The van der Waals surface area contributed by atoms with Crippen molar-refractivity contribution < 1.29 is 15.0 Å². The maximum Gasteiger partial charge on any atom is 0.300 e. The third-order valence-electron chi connectivity index (χ3n) is 2.58. The summed E-state index contributed by atoms with van der Waals surface area (Å²) in [5.41, 5.74) is 0. The van der Waals surface area contributed by atoms with Crippen LogP contribution < -0.4 is 0 Å². The lowest BCUT2D eigenvalue weighted by molar-refractivity contribution is -0.134. The van der Waals surface area contributed by atoms with Crippen LogP contribution in [0.3, 0.4) is 0 Å². The van der Waals surface area contributed by atoms with Gasteiger partial charge in [0.2, 0.25) is 0 Å². The molecule has 0 aliphatic carbocycles. The molecule has 0 aromatic heterocycles. The van der Waals surface area contributed by atoms with Crippen LogP contribution in [-0.2, 0) is 4.79 Å². The molecule has 0 amide bonds. The molecular weight excluding hydrogens is 240 g/mol. The summed E-state index contributed by atoms with van der Waals surface area (Å²) >= 11 is 0. The number of hydrogen-bond acceptors (Lipinski definition) is 2. The van der Waals surface area contributed by atoms with Crippen LogP contribution >= 0.6 is 0 Å². The average Bonchev–Trinajstić information content (AvgIpc) is 2.35. The Morgan fingerprint density at radius 2 is 1.26 bits per heavy atom. The molecule has 3 heteroatoms. The molecule has 0 saturated heterocycles. The Bertz CT molecular complexity index is 210. The number of rotatable bonds is 10. The quantitative estimate of drug-likeness (QED) is 0.324. The van der Waals surface area contributed by atoms with Gasteiger partial charge >= 0.3 is 0 Å². The van der Waals surface area contributed by atoms with Gasteiger partial charge in [-0.1, -0.05) is 50.3 Å². The highest BCUT2D eigenvalue weighted by Crippen LogP contribution is 2.09. The standard InChI is InChI=1S/C14H26O.C2H4O2/c1-2-3-4-5-6-7-8-9-10-11-12-13-14-15;1-2(3)4/h2-3,13-15H,4-12H2,1H3;1H3,(H,3,4). The van der Waals surface area contributed by atoms with Crippen molar-refractivity contribution in [2.24, 2.45) is 0 Å². The van der Waals surface area contributed by atoms with Gasteiger partial charge in [-0.2, -0.15) is 0 Å². The first-order chi connectivity index (χ1) is 9.15. The SMILES string of the molecule is CC(=O)O.CC=CCCCCCCCCCC=CO. The molecule has 3 nitrogen and oxygen atoms in total. The lowest BCUT2D eigenvalue weighted by Crippen LogP contribution is -1.80. The number of aliphatic hydroxyl groups excluding tert-OH is 1. The molecule has 0 spiro atoms. The summed E-state index contributed by atoms with van der Waals surface area (Å²) in [6, 6.07) is 0. The van der Waals surface area contributed by atoms with E-state index in [9.17, 15) is 0 Å². The first-order valence-corrected chi connectivity index (χ1v) is 7.25. The van der Waals surface area contributed by atoms with E-state index in [0.29, 0.717) is 0 Å². The predicted octanol–water partition coefficient (Wildman–Crippen LogP) is 5.24. The van der Waals surface area contributed by atoms with Crippen molar-refractivity contribution in [2.45, 2.75) is 71.6 Å². The van der Waals surface area contributed by atoms with E-state index in [0.717, 1.165) is 19.6 Å². The summed E-state index contributed by atoms with van der Waals surface area (Å²) < 4.78 is 0. The highest BCUT2D eigenvalue weighted by Gasteiger charge is 1.90. The molecule has 0 radical (unpaired) electrons. The second-order valence-corrected chi connectivity index (χ2v) is 4.53. The first-order valence-electron chi connectivity index (χ1n) is 7.25. The predicted molar refractivity (Wildman–Crippen MR) is 81.4 cm³/mol. The van der Waals surface area contributed by atoms with E-state index in [4.69, 9.17) is 15.0 Å². The van der Waals surface area contributed by atoms with E-state index < -0.39 is 5.97 Å². The maximum absolute atomic E-state index is 9.00. The molecule has 0 atom stereocenters. The average molecular weight is 270 g/mol. The molecule has 0 aromatic carbocycles. The lowest BCUT2D eigenvalue weighted by atomic mass is 10.1. The topological polar surface area (TPSA) is 57.5 Å². The zero-order valence-corrected chi connectivity index (χ0v) is 12.5. The summed E-state index contributed by atoms with van der Waals surface area (Å²) in [4.78, 5) is 9.00. The maximum atomic E-state index is 9.00. The third kappa shape index (κ3) is 31.5. The molecular formula is C16H30O3. The largest absolute Gasteiger partial charge is 0.516 e. The van der Waals surface area contributed by atoms with Crippen molar-refractivity contribution in [1.29, 1.82) is 0 Å². The van der Waals surface area contributed by atoms with E-state index in [1.54, 1.807) is 0 Å². The van der Waals surface area contributed by atoms with E-state index in [1.165, 1.54) is 51.4 Å². The Hall–Kier alpha value is -1.25. The van der Waals surface area contributed by atoms with Crippen LogP contribution in [0.2, 0.25) is 0 Å². The number of hydrogen-bond donors (Lipinski definition) is 2. The van der Waals surface area contributed by atoms with Gasteiger partial charge in [0.1, 0.15) is 0 Å². The van der Waals surface area contributed by atoms with Gasteiger partial charge in [-0.3, -0.25) is 4.79 Å². The summed E-state index contributed by atoms with van der Waals surface area (Å²) in [6.07, 6.45) is 19.0. The van der Waals surface area contributed by atoms with Crippen LogP contribution in [0.25, 0.3) is 0 Å². The third-order valence-corrected chi connectivity index (χ3v) is 2.58. The van der Waals surface area contributed by atoms with Crippen LogP contribution in [0.5, 0.6) is 0 Å². The van der Waals surface area contributed by atoms with Gasteiger partial charge in [-0.25, -0.2) is 0 Å². The van der Waals surface area contributed by atoms with Crippen LogP contribution in [0.4, 0.5) is 0 Å². The minimum atomic E-state index is -0.833. The number of carboxylic acids is 1. The smallest absolute Gasteiger partial charge is 0.300 e. The van der Waals surface area contributed by atoms with Crippen LogP contribution in [0.1, 0.15) is 71.6 Å². The molecule has 19 heavy (non-hydrogen) atoms. The number of carboxylic acid groups (broad SMARTS) is 1. The van der Waals surface area contributed by atoms with Gasteiger partial charge in [0.15, 0.2) is 0 Å². The van der Waals surface area contributed by atoms with Crippen molar-refractivity contribution >= 4 is 5.97 Å². The number of aliphatic hydroxyl groups is 1. The van der Waals surface area contributed by atoms with E-state index in [2.05, 4.69) is 19.1 Å². The van der Waals surface area contributed by atoms with Crippen molar-refractivity contribution in [1.82, 2.24) is 0 Å². The summed E-state index contributed by atoms with van der Waals surface area (Å²) in [5, 5.41) is 15.8. The van der Waals surface area contributed by atoms with Gasteiger partial charge in [-0.05, 0) is 32.6 Å². The van der Waals surface area contributed by atoms with E-state index in [1.807, 2.05) is 6.08 Å². The van der Waals surface area contributed by atoms with Gasteiger partial charge in [0, 0.05) is 6.92 Å². The first kappa shape index (κ1) is 20.1. The molecule has 0 heterocycles. The van der Waals surface area contributed by atoms with Crippen molar-refractivity contribution in [3.63, 3.8) is 0 Å². The van der Waals surface area contributed by atoms with Gasteiger partial charge in [0.05, 0.1) is 6.26 Å². The number of carbonyl (C=O) groups is 1. The molecule has 112 valence electrons. The summed E-state index contributed by atoms with van der Waals surface area (Å²) in [6.45, 7) is 3.17. The van der Waals surface area contributed by atoms with Gasteiger partial charge in [-0.15, -0.1) is 0 Å². The van der Waals surface area contributed by atoms with Gasteiger partial charge in [0.25, 0.3) is 5.97 Å². The minimum Gasteiger partial charge on any atom is -0.516 e. The second kappa shape index (κ2) is 19.1. The Balaban J connectivity index is 0. The minimum absolute atomic E-state index is 0.833. The summed E-state index contributed by atoms with van der Waals surface area (Å²) in [7, 11) is 0. The molecule has 0 unspecified atom stereocenters. The number of allylic oxidation sites excluding steroid dienone is 3. The monoisotopic (exact) mass is 270 g/mol. The second-order valence-electron chi connectivity index (χ2n) is 4.53. The Morgan fingerprint density at radius 3 is 1.63 bits per heavy atom. The number of unbranched alkanes of at least 4 members (excludes halogenated alkanes) is 8. The van der Waals surface area contributed by atoms with E-state index >= 15 is 0 Å². The Kier molecular flexibility index (Phi) is 20.2. The molecule has 0 bridgehead atoms. The van der Waals surface area contributed by atoms with Gasteiger partial charge < -0.3 is 10.2 Å². The lowest BCUT2D eigenvalue weighted by Gasteiger charge is -1.99. The Labute approximate surface area is 118 Å². The van der Waals surface area contributed by atoms with Crippen molar-refractivity contribution in [3.8, 4) is 0 Å². The van der Waals surface area contributed by atoms with Crippen LogP contribution in [-0.4, -0.2) is 16.2 Å². The van der Waals surface area contributed by atoms with Crippen LogP contribution in [0, 0.1) is 0 Å². The zero-order valence-electron chi connectivity index (χ0n) is 12.5. The normalized spacial score (nSPS) is 10.6. The fourth-order valence-electron chi connectivity index (χ4n) is 1.65.